The zero-order valence-electron chi connectivity index (χ0n) is 12.9. The summed E-state index contributed by atoms with van der Waals surface area (Å²) in [6.07, 6.45) is 3.32. The lowest BCUT2D eigenvalue weighted by molar-refractivity contribution is 0.592. The quantitative estimate of drug-likeness (QED) is 0.656. The van der Waals surface area contributed by atoms with E-state index < -0.39 is 10.0 Å². The average Bonchev–Trinajstić information content (AvgIpc) is 3.02. The first kappa shape index (κ1) is 17.0. The van der Waals surface area contributed by atoms with E-state index in [1.165, 1.54) is 15.6 Å². The monoisotopic (exact) mass is 378 g/mol. The zero-order chi connectivity index (χ0) is 17.2. The fraction of sp³-hybridized carbons (Fsp3) is 0.118. The number of aryl methyl sites for hydroxylation is 1. The van der Waals surface area contributed by atoms with Crippen LogP contribution in [0, 0.1) is 6.92 Å². The minimum Gasteiger partial charge on any atom is -0.264 e. The molecule has 0 spiro atoms. The minimum atomic E-state index is -3.66. The molecule has 0 aliphatic heterocycles. The highest BCUT2D eigenvalue weighted by Gasteiger charge is 2.26. The van der Waals surface area contributed by atoms with Gasteiger partial charge in [0.15, 0.2) is 0 Å². The van der Waals surface area contributed by atoms with Gasteiger partial charge in [0.1, 0.15) is 4.21 Å². The fourth-order valence-electron chi connectivity index (χ4n) is 2.24. The van der Waals surface area contributed by atoms with Gasteiger partial charge < -0.3 is 0 Å². The molecule has 24 heavy (non-hydrogen) atoms. The van der Waals surface area contributed by atoms with Gasteiger partial charge >= 0.3 is 0 Å². The molecule has 0 saturated heterocycles. The number of benzene rings is 1. The molecular weight excluding hydrogens is 364 g/mol. The second kappa shape index (κ2) is 6.93. The summed E-state index contributed by atoms with van der Waals surface area (Å²) < 4.78 is 27.9. The summed E-state index contributed by atoms with van der Waals surface area (Å²) in [5, 5.41) is 0.560. The third kappa shape index (κ3) is 3.61. The van der Waals surface area contributed by atoms with Crippen LogP contribution in [0.3, 0.4) is 0 Å². The van der Waals surface area contributed by atoms with Crippen molar-refractivity contribution in [3.05, 3.63) is 76.4 Å². The number of pyridine rings is 1. The van der Waals surface area contributed by atoms with E-state index in [4.69, 9.17) is 11.6 Å². The Morgan fingerprint density at radius 1 is 1.12 bits per heavy atom. The number of rotatable bonds is 5. The van der Waals surface area contributed by atoms with Gasteiger partial charge in [0, 0.05) is 22.3 Å². The normalized spacial score (nSPS) is 11.4. The predicted octanol–water partition coefficient (Wildman–Crippen LogP) is 4.50. The Morgan fingerprint density at radius 3 is 2.46 bits per heavy atom. The molecule has 0 aliphatic carbocycles. The smallest absolute Gasteiger partial charge is 0.264 e. The third-order valence-electron chi connectivity index (χ3n) is 3.42. The fourth-order valence-corrected chi connectivity index (χ4v) is 5.22. The van der Waals surface area contributed by atoms with Crippen molar-refractivity contribution in [1.29, 1.82) is 0 Å². The molecule has 0 unspecified atom stereocenters. The summed E-state index contributed by atoms with van der Waals surface area (Å²) in [6, 6.07) is 13.9. The van der Waals surface area contributed by atoms with Crippen LogP contribution < -0.4 is 4.31 Å². The van der Waals surface area contributed by atoms with E-state index in [0.29, 0.717) is 14.9 Å². The molecule has 0 amide bonds. The Bertz CT molecular complexity index is 923. The van der Waals surface area contributed by atoms with Crippen LogP contribution in [0.15, 0.2) is 65.1 Å². The highest BCUT2D eigenvalue weighted by Crippen LogP contribution is 2.30. The summed E-state index contributed by atoms with van der Waals surface area (Å²) in [7, 11) is -3.66. The number of aromatic nitrogens is 1. The molecule has 0 radical (unpaired) electrons. The lowest BCUT2D eigenvalue weighted by atomic mass is 10.2. The number of nitrogens with zero attached hydrogens (tertiary/aromatic N) is 2. The molecule has 3 aromatic rings. The van der Waals surface area contributed by atoms with Crippen LogP contribution in [0.1, 0.15) is 10.4 Å². The van der Waals surface area contributed by atoms with Gasteiger partial charge in [-0.05, 0) is 55.0 Å². The molecule has 0 aliphatic rings. The average molecular weight is 379 g/mol. The molecule has 1 aromatic carbocycles. The van der Waals surface area contributed by atoms with Gasteiger partial charge in [-0.25, -0.2) is 8.42 Å². The molecule has 0 bridgehead atoms. The number of anilines is 1. The number of sulfonamides is 1. The van der Waals surface area contributed by atoms with Gasteiger partial charge in [0.25, 0.3) is 10.0 Å². The van der Waals surface area contributed by atoms with Crippen molar-refractivity contribution in [3.8, 4) is 0 Å². The summed E-state index contributed by atoms with van der Waals surface area (Å²) in [4.78, 5) is 5.01. The Labute approximate surface area is 150 Å². The molecule has 4 nitrogen and oxygen atoms in total. The Kier molecular flexibility index (Phi) is 4.89. The van der Waals surface area contributed by atoms with Gasteiger partial charge in [-0.2, -0.15) is 0 Å². The summed E-state index contributed by atoms with van der Waals surface area (Å²) in [6.45, 7) is 2.09. The van der Waals surface area contributed by atoms with E-state index in [9.17, 15) is 8.42 Å². The number of thiophene rings is 1. The summed E-state index contributed by atoms with van der Waals surface area (Å²) in [5.41, 5.74) is 1.37. The topological polar surface area (TPSA) is 50.3 Å². The van der Waals surface area contributed by atoms with Crippen LogP contribution in [0.5, 0.6) is 0 Å². The highest BCUT2D eigenvalue weighted by atomic mass is 35.5. The van der Waals surface area contributed by atoms with Crippen molar-refractivity contribution in [2.45, 2.75) is 17.7 Å². The maximum absolute atomic E-state index is 13.1. The van der Waals surface area contributed by atoms with E-state index in [1.807, 2.05) is 19.1 Å². The Balaban J connectivity index is 2.06. The van der Waals surface area contributed by atoms with E-state index in [-0.39, 0.29) is 6.54 Å². The first-order valence-electron chi connectivity index (χ1n) is 7.20. The molecule has 2 aromatic heterocycles. The molecule has 3 rings (SSSR count). The van der Waals surface area contributed by atoms with Crippen molar-refractivity contribution in [3.63, 3.8) is 0 Å². The summed E-state index contributed by atoms with van der Waals surface area (Å²) in [5.74, 6) is 0. The second-order valence-electron chi connectivity index (χ2n) is 5.21. The van der Waals surface area contributed by atoms with E-state index in [2.05, 4.69) is 4.98 Å². The van der Waals surface area contributed by atoms with E-state index in [1.54, 1.807) is 48.8 Å². The molecule has 0 fully saturated rings. The van der Waals surface area contributed by atoms with Crippen LogP contribution in [0.25, 0.3) is 0 Å². The lowest BCUT2D eigenvalue weighted by Crippen LogP contribution is -2.30. The van der Waals surface area contributed by atoms with Crippen molar-refractivity contribution in [2.75, 3.05) is 4.31 Å². The van der Waals surface area contributed by atoms with Crippen molar-refractivity contribution < 1.29 is 8.42 Å². The molecule has 0 saturated carbocycles. The maximum atomic E-state index is 13.1. The molecule has 0 atom stereocenters. The minimum absolute atomic E-state index is 0.203. The van der Waals surface area contributed by atoms with Gasteiger partial charge in [-0.1, -0.05) is 17.7 Å². The van der Waals surface area contributed by atoms with Crippen LogP contribution in [0.4, 0.5) is 5.69 Å². The Hall–Kier alpha value is -1.89. The van der Waals surface area contributed by atoms with E-state index in [0.717, 1.165) is 10.4 Å². The van der Waals surface area contributed by atoms with Crippen molar-refractivity contribution >= 4 is 38.6 Å². The van der Waals surface area contributed by atoms with Gasteiger partial charge in [-0.3, -0.25) is 9.29 Å². The first-order valence-corrected chi connectivity index (χ1v) is 9.84. The largest absolute Gasteiger partial charge is 0.274 e. The summed E-state index contributed by atoms with van der Waals surface area (Å²) >= 11 is 7.20. The second-order valence-corrected chi connectivity index (χ2v) is 9.03. The standard InChI is InChI=1S/C17H15ClN2O2S2/c1-13-4-9-17(23-13)24(21,22)20(12-14-3-2-10-19-11-14)16-7-5-15(18)6-8-16/h2-11H,12H2,1H3. The third-order valence-corrected chi connectivity index (χ3v) is 6.92. The van der Waals surface area contributed by atoms with Crippen LogP contribution in [-0.4, -0.2) is 13.4 Å². The predicted molar refractivity (Wildman–Crippen MR) is 98.1 cm³/mol. The van der Waals surface area contributed by atoms with Crippen LogP contribution in [-0.2, 0) is 16.6 Å². The number of halogens is 1. The van der Waals surface area contributed by atoms with Crippen molar-refractivity contribution in [1.82, 2.24) is 4.98 Å². The molecule has 7 heteroatoms. The van der Waals surface area contributed by atoms with E-state index >= 15 is 0 Å². The van der Waals surface area contributed by atoms with Gasteiger partial charge in [0.2, 0.25) is 0 Å². The Morgan fingerprint density at radius 2 is 1.88 bits per heavy atom. The molecular formula is C17H15ClN2O2S2. The SMILES string of the molecule is Cc1ccc(S(=O)(=O)N(Cc2cccnc2)c2ccc(Cl)cc2)s1. The molecule has 0 N–H and O–H groups in total. The lowest BCUT2D eigenvalue weighted by Gasteiger charge is -2.24. The van der Waals surface area contributed by atoms with Gasteiger partial charge in [-0.15, -0.1) is 11.3 Å². The highest BCUT2D eigenvalue weighted by molar-refractivity contribution is 7.94. The van der Waals surface area contributed by atoms with Crippen molar-refractivity contribution in [2.24, 2.45) is 0 Å². The van der Waals surface area contributed by atoms with Crippen LogP contribution >= 0.6 is 22.9 Å². The maximum Gasteiger partial charge on any atom is 0.274 e. The van der Waals surface area contributed by atoms with Crippen LogP contribution in [0.2, 0.25) is 5.02 Å². The number of hydrogen-bond donors (Lipinski definition) is 0. The molecule has 124 valence electrons. The molecule has 2 heterocycles. The zero-order valence-corrected chi connectivity index (χ0v) is 15.3. The first-order chi connectivity index (χ1) is 11.5. The number of hydrogen-bond acceptors (Lipinski definition) is 4. The van der Waals surface area contributed by atoms with Gasteiger partial charge in [0.05, 0.1) is 12.2 Å².